The van der Waals surface area contributed by atoms with Crippen molar-refractivity contribution < 1.29 is 9.18 Å². The highest BCUT2D eigenvalue weighted by molar-refractivity contribution is 5.76. The van der Waals surface area contributed by atoms with Crippen LogP contribution in [0.4, 0.5) is 10.1 Å². The van der Waals surface area contributed by atoms with Crippen molar-refractivity contribution in [2.24, 2.45) is 0 Å². The van der Waals surface area contributed by atoms with Gasteiger partial charge in [0, 0.05) is 25.2 Å². The van der Waals surface area contributed by atoms with E-state index >= 15 is 0 Å². The monoisotopic (exact) mass is 314 g/mol. The topological polar surface area (TPSA) is 41.1 Å². The fourth-order valence-electron chi connectivity index (χ4n) is 2.52. The number of anilines is 1. The zero-order chi connectivity index (χ0) is 16.7. The van der Waals surface area contributed by atoms with Crippen molar-refractivity contribution in [2.45, 2.75) is 26.7 Å². The van der Waals surface area contributed by atoms with E-state index in [4.69, 9.17) is 0 Å². The van der Waals surface area contributed by atoms with Crippen molar-refractivity contribution in [1.29, 1.82) is 0 Å². The Balaban J connectivity index is 1.70. The molecule has 0 aliphatic rings. The molecule has 0 spiro atoms. The molecule has 1 amide bonds. The number of amides is 1. The molecular weight excluding hydrogens is 291 g/mol. The average molecular weight is 314 g/mol. The van der Waals surface area contributed by atoms with Crippen LogP contribution in [0.3, 0.4) is 0 Å². The molecule has 0 unspecified atom stereocenters. The Bertz CT molecular complexity index is 650. The van der Waals surface area contributed by atoms with Gasteiger partial charge in [-0.1, -0.05) is 36.4 Å². The average Bonchev–Trinajstić information content (AvgIpc) is 2.52. The molecule has 0 saturated heterocycles. The summed E-state index contributed by atoms with van der Waals surface area (Å²) < 4.78 is 13.5. The third-order valence-electron chi connectivity index (χ3n) is 3.81. The predicted octanol–water partition coefficient (Wildman–Crippen LogP) is 3.60. The van der Waals surface area contributed by atoms with Gasteiger partial charge in [0.25, 0.3) is 0 Å². The highest BCUT2D eigenvalue weighted by Gasteiger charge is 2.05. The summed E-state index contributed by atoms with van der Waals surface area (Å²) >= 11 is 0. The van der Waals surface area contributed by atoms with E-state index in [0.717, 1.165) is 5.69 Å². The normalized spacial score (nSPS) is 10.4. The molecule has 0 aliphatic heterocycles. The van der Waals surface area contributed by atoms with Gasteiger partial charge < -0.3 is 10.6 Å². The Morgan fingerprint density at radius 3 is 2.39 bits per heavy atom. The fourth-order valence-corrected chi connectivity index (χ4v) is 2.52. The molecule has 0 saturated carbocycles. The van der Waals surface area contributed by atoms with Gasteiger partial charge in [0.15, 0.2) is 0 Å². The summed E-state index contributed by atoms with van der Waals surface area (Å²) in [5.41, 5.74) is 4.06. The van der Waals surface area contributed by atoms with E-state index in [9.17, 15) is 9.18 Å². The minimum absolute atomic E-state index is 0.0277. The molecular formula is C19H23FN2O. The Kier molecular flexibility index (Phi) is 6.15. The van der Waals surface area contributed by atoms with E-state index in [2.05, 4.69) is 10.6 Å². The molecule has 0 radical (unpaired) electrons. The lowest BCUT2D eigenvalue weighted by Gasteiger charge is -2.12. The molecule has 0 heterocycles. The molecule has 0 aliphatic carbocycles. The molecule has 2 rings (SSSR count). The lowest BCUT2D eigenvalue weighted by atomic mass is 10.1. The number of carbonyl (C=O) groups is 1. The summed E-state index contributed by atoms with van der Waals surface area (Å²) in [6.07, 6.45) is 0.897. The first kappa shape index (κ1) is 17.0. The first-order valence-corrected chi connectivity index (χ1v) is 7.88. The molecule has 23 heavy (non-hydrogen) atoms. The Hall–Kier alpha value is -2.36. The van der Waals surface area contributed by atoms with Crippen LogP contribution in [0.2, 0.25) is 0 Å². The molecule has 0 fully saturated rings. The van der Waals surface area contributed by atoms with E-state index in [0.29, 0.717) is 31.5 Å². The molecule has 2 aromatic carbocycles. The van der Waals surface area contributed by atoms with Crippen LogP contribution in [0.5, 0.6) is 0 Å². The van der Waals surface area contributed by atoms with Crippen molar-refractivity contribution in [3.63, 3.8) is 0 Å². The number of halogens is 1. The number of benzene rings is 2. The summed E-state index contributed by atoms with van der Waals surface area (Å²) in [6.45, 7) is 5.12. The van der Waals surface area contributed by atoms with E-state index in [1.807, 2.05) is 32.0 Å². The fraction of sp³-hybridized carbons (Fsp3) is 0.316. The number of aryl methyl sites for hydroxylation is 2. The standard InChI is InChI=1S/C19H23FN2O/c1-14-6-5-7-15(2)19(14)22-13-11-18(23)21-12-10-16-8-3-4-9-17(16)20/h3-9,22H,10-13H2,1-2H3,(H,21,23). The number of carbonyl (C=O) groups excluding carboxylic acids is 1. The molecule has 0 atom stereocenters. The molecule has 2 N–H and O–H groups in total. The van der Waals surface area contributed by atoms with Crippen molar-refractivity contribution in [3.05, 3.63) is 65.0 Å². The van der Waals surface area contributed by atoms with Crippen molar-refractivity contribution in [3.8, 4) is 0 Å². The lowest BCUT2D eigenvalue weighted by Crippen LogP contribution is -2.27. The minimum Gasteiger partial charge on any atom is -0.384 e. The van der Waals surface area contributed by atoms with Gasteiger partial charge in [-0.3, -0.25) is 4.79 Å². The van der Waals surface area contributed by atoms with Gasteiger partial charge in [-0.2, -0.15) is 0 Å². The van der Waals surface area contributed by atoms with Gasteiger partial charge in [0.05, 0.1) is 0 Å². The number of rotatable bonds is 7. The van der Waals surface area contributed by atoms with Crippen LogP contribution in [0, 0.1) is 19.7 Å². The van der Waals surface area contributed by atoms with Crippen LogP contribution < -0.4 is 10.6 Å². The van der Waals surface area contributed by atoms with E-state index in [1.54, 1.807) is 18.2 Å². The molecule has 2 aromatic rings. The number of hydrogen-bond acceptors (Lipinski definition) is 2. The summed E-state index contributed by atoms with van der Waals surface area (Å²) in [5.74, 6) is -0.251. The highest BCUT2D eigenvalue weighted by Crippen LogP contribution is 2.19. The van der Waals surface area contributed by atoms with Crippen LogP contribution in [-0.4, -0.2) is 19.0 Å². The molecule has 3 nitrogen and oxygen atoms in total. The summed E-state index contributed by atoms with van der Waals surface area (Å²) in [5, 5.41) is 6.14. The first-order chi connectivity index (χ1) is 11.1. The van der Waals surface area contributed by atoms with Gasteiger partial charge in [-0.05, 0) is 43.0 Å². The van der Waals surface area contributed by atoms with E-state index in [-0.39, 0.29) is 11.7 Å². The van der Waals surface area contributed by atoms with Gasteiger partial charge in [-0.15, -0.1) is 0 Å². The summed E-state index contributed by atoms with van der Waals surface area (Å²) in [4.78, 5) is 11.8. The second kappa shape index (κ2) is 8.32. The van der Waals surface area contributed by atoms with Crippen LogP contribution in [0.1, 0.15) is 23.1 Å². The number of para-hydroxylation sites is 1. The van der Waals surface area contributed by atoms with Crippen LogP contribution in [-0.2, 0) is 11.2 Å². The maximum atomic E-state index is 13.5. The van der Waals surface area contributed by atoms with E-state index < -0.39 is 0 Å². The van der Waals surface area contributed by atoms with Gasteiger partial charge >= 0.3 is 0 Å². The largest absolute Gasteiger partial charge is 0.384 e. The predicted molar refractivity (Wildman–Crippen MR) is 92.1 cm³/mol. The maximum Gasteiger partial charge on any atom is 0.221 e. The molecule has 122 valence electrons. The van der Waals surface area contributed by atoms with E-state index in [1.165, 1.54) is 17.2 Å². The highest BCUT2D eigenvalue weighted by atomic mass is 19.1. The zero-order valence-electron chi connectivity index (χ0n) is 13.7. The van der Waals surface area contributed by atoms with Crippen LogP contribution in [0.25, 0.3) is 0 Å². The SMILES string of the molecule is Cc1cccc(C)c1NCCC(=O)NCCc1ccccc1F. The third-order valence-corrected chi connectivity index (χ3v) is 3.81. The second-order valence-electron chi connectivity index (χ2n) is 5.63. The zero-order valence-corrected chi connectivity index (χ0v) is 13.7. The number of nitrogens with one attached hydrogen (secondary N) is 2. The van der Waals surface area contributed by atoms with Crippen molar-refractivity contribution in [1.82, 2.24) is 5.32 Å². The Morgan fingerprint density at radius 2 is 1.70 bits per heavy atom. The Labute approximate surface area is 136 Å². The number of hydrogen-bond donors (Lipinski definition) is 2. The Morgan fingerprint density at radius 1 is 1.00 bits per heavy atom. The minimum atomic E-state index is -0.224. The molecule has 0 bridgehead atoms. The molecule has 0 aromatic heterocycles. The van der Waals surface area contributed by atoms with Crippen molar-refractivity contribution in [2.75, 3.05) is 18.4 Å². The van der Waals surface area contributed by atoms with Crippen LogP contribution in [0.15, 0.2) is 42.5 Å². The van der Waals surface area contributed by atoms with Gasteiger partial charge in [-0.25, -0.2) is 4.39 Å². The third kappa shape index (κ3) is 5.09. The lowest BCUT2D eigenvalue weighted by molar-refractivity contribution is -0.120. The summed E-state index contributed by atoms with van der Waals surface area (Å²) in [6, 6.07) is 12.7. The summed E-state index contributed by atoms with van der Waals surface area (Å²) in [7, 11) is 0. The van der Waals surface area contributed by atoms with Gasteiger partial charge in [0.1, 0.15) is 5.82 Å². The maximum absolute atomic E-state index is 13.5. The first-order valence-electron chi connectivity index (χ1n) is 7.88. The quantitative estimate of drug-likeness (QED) is 0.820. The van der Waals surface area contributed by atoms with Crippen molar-refractivity contribution >= 4 is 11.6 Å². The second-order valence-corrected chi connectivity index (χ2v) is 5.63. The van der Waals surface area contributed by atoms with Crippen LogP contribution >= 0.6 is 0 Å². The smallest absolute Gasteiger partial charge is 0.221 e. The molecule has 4 heteroatoms. The van der Waals surface area contributed by atoms with Gasteiger partial charge in [0.2, 0.25) is 5.91 Å².